The van der Waals surface area contributed by atoms with Crippen molar-refractivity contribution in [1.82, 2.24) is 19.1 Å². The van der Waals surface area contributed by atoms with Gasteiger partial charge in [0.25, 0.3) is 5.56 Å². The fourth-order valence-electron chi connectivity index (χ4n) is 1.80. The zero-order valence-corrected chi connectivity index (χ0v) is 10.6. The number of nitrogens with zero attached hydrogens (tertiary/aromatic N) is 3. The highest BCUT2D eigenvalue weighted by Crippen LogP contribution is 2.04. The first kappa shape index (κ1) is 13.2. The maximum absolute atomic E-state index is 12.1. The second kappa shape index (κ2) is 4.81. The molecule has 2 N–H and O–H groups in total. The Morgan fingerprint density at radius 2 is 2.11 bits per heavy atom. The minimum atomic E-state index is -0.605. The Labute approximate surface area is 107 Å². The van der Waals surface area contributed by atoms with Gasteiger partial charge in [0, 0.05) is 13.5 Å². The van der Waals surface area contributed by atoms with Gasteiger partial charge in [-0.05, 0) is 0 Å². The first-order chi connectivity index (χ1) is 8.99. The zero-order valence-electron chi connectivity index (χ0n) is 10.6. The van der Waals surface area contributed by atoms with E-state index in [2.05, 4.69) is 9.97 Å². The van der Waals surface area contributed by atoms with E-state index in [1.54, 1.807) is 6.92 Å². The van der Waals surface area contributed by atoms with Gasteiger partial charge in [0.2, 0.25) is 0 Å². The summed E-state index contributed by atoms with van der Waals surface area (Å²) < 4.78 is 2.04. The van der Waals surface area contributed by atoms with Crippen LogP contribution < -0.4 is 11.2 Å². The number of hydrogen-bond acceptors (Lipinski definition) is 5. The molecule has 0 saturated heterocycles. The lowest BCUT2D eigenvalue weighted by Crippen LogP contribution is -2.40. The van der Waals surface area contributed by atoms with Gasteiger partial charge in [-0.25, -0.2) is 9.78 Å². The summed E-state index contributed by atoms with van der Waals surface area (Å²) in [4.78, 5) is 42.2. The topological polar surface area (TPSA) is 110 Å². The van der Waals surface area contributed by atoms with Gasteiger partial charge < -0.3 is 10.1 Å². The van der Waals surface area contributed by atoms with E-state index in [0.29, 0.717) is 0 Å². The maximum Gasteiger partial charge on any atom is 0.332 e. The average molecular weight is 266 g/mol. The van der Waals surface area contributed by atoms with E-state index >= 15 is 0 Å². The molecule has 8 heteroatoms. The molecule has 0 bridgehead atoms. The number of hydrogen-bond donors (Lipinski definition) is 2. The second-order valence-electron chi connectivity index (χ2n) is 4.17. The van der Waals surface area contributed by atoms with Crippen molar-refractivity contribution in [2.24, 2.45) is 7.05 Å². The number of aliphatic hydroxyl groups is 1. The lowest BCUT2D eigenvalue weighted by Gasteiger charge is -2.06. The van der Waals surface area contributed by atoms with E-state index in [-0.39, 0.29) is 42.3 Å². The summed E-state index contributed by atoms with van der Waals surface area (Å²) in [6.07, 6.45) is 0.249. The molecule has 102 valence electrons. The molecular formula is C11H14N4O4. The maximum atomic E-state index is 12.1. The number of ketones is 1. The molecule has 2 rings (SSSR count). The van der Waals surface area contributed by atoms with E-state index in [9.17, 15) is 14.4 Å². The van der Waals surface area contributed by atoms with E-state index < -0.39 is 11.2 Å². The van der Waals surface area contributed by atoms with Crippen LogP contribution in [0.5, 0.6) is 0 Å². The Kier molecular flexibility index (Phi) is 3.34. The molecule has 0 aliphatic carbocycles. The molecule has 0 aromatic carbocycles. The molecule has 0 radical (unpaired) electrons. The second-order valence-corrected chi connectivity index (χ2v) is 4.17. The largest absolute Gasteiger partial charge is 0.388 e. The van der Waals surface area contributed by atoms with Gasteiger partial charge in [-0.2, -0.15) is 0 Å². The van der Waals surface area contributed by atoms with Gasteiger partial charge in [-0.3, -0.25) is 18.7 Å². The predicted octanol–water partition coefficient (Wildman–Crippen LogP) is -1.11. The number of aryl methyl sites for hydroxylation is 1. The molecule has 0 aliphatic rings. The Morgan fingerprint density at radius 3 is 2.68 bits per heavy atom. The minimum Gasteiger partial charge on any atom is -0.388 e. The highest BCUT2D eigenvalue weighted by molar-refractivity contribution is 5.78. The molecule has 0 unspecified atom stereocenters. The molecule has 0 amide bonds. The number of H-pyrrole nitrogens is 1. The number of carbonyl (C=O) groups excluding carboxylic acids is 1. The molecule has 0 fully saturated rings. The normalized spacial score (nSPS) is 11.1. The van der Waals surface area contributed by atoms with Crippen molar-refractivity contribution in [3.8, 4) is 0 Å². The van der Waals surface area contributed by atoms with Crippen molar-refractivity contribution in [2.75, 3.05) is 0 Å². The van der Waals surface area contributed by atoms with Crippen molar-refractivity contribution >= 4 is 16.9 Å². The first-order valence-electron chi connectivity index (χ1n) is 5.80. The van der Waals surface area contributed by atoms with Gasteiger partial charge >= 0.3 is 5.69 Å². The number of aliphatic hydroxyl groups excluding tert-OH is 1. The van der Waals surface area contributed by atoms with Crippen LogP contribution in [0.15, 0.2) is 9.59 Å². The van der Waals surface area contributed by atoms with Gasteiger partial charge in [-0.1, -0.05) is 6.92 Å². The van der Waals surface area contributed by atoms with Crippen LogP contribution in [0, 0.1) is 0 Å². The van der Waals surface area contributed by atoms with Crippen molar-refractivity contribution in [1.29, 1.82) is 0 Å². The van der Waals surface area contributed by atoms with Gasteiger partial charge in [0.1, 0.15) is 17.9 Å². The van der Waals surface area contributed by atoms with Crippen molar-refractivity contribution in [2.45, 2.75) is 26.5 Å². The Morgan fingerprint density at radius 1 is 1.42 bits per heavy atom. The summed E-state index contributed by atoms with van der Waals surface area (Å²) in [5, 5.41) is 9.00. The average Bonchev–Trinajstić information content (AvgIpc) is 2.85. The van der Waals surface area contributed by atoms with E-state index in [1.807, 2.05) is 0 Å². The summed E-state index contributed by atoms with van der Waals surface area (Å²) in [6.45, 7) is 1.04. The van der Waals surface area contributed by atoms with Crippen molar-refractivity contribution < 1.29 is 9.90 Å². The molecule has 2 heterocycles. The lowest BCUT2D eigenvalue weighted by molar-refractivity contribution is -0.119. The van der Waals surface area contributed by atoms with Crippen LogP contribution in [-0.2, 0) is 25.0 Å². The number of nitrogens with one attached hydrogen (secondary N) is 1. The number of imidazole rings is 1. The highest BCUT2D eigenvalue weighted by Gasteiger charge is 2.16. The summed E-state index contributed by atoms with van der Waals surface area (Å²) in [5.74, 6) is -0.0119. The molecule has 0 aliphatic heterocycles. The van der Waals surface area contributed by atoms with Crippen LogP contribution in [0.25, 0.3) is 11.2 Å². The number of Topliss-reactive ketones (excluding diaryl/α,β-unsaturated/α-hetero) is 1. The number of rotatable bonds is 4. The summed E-state index contributed by atoms with van der Waals surface area (Å²) in [7, 11) is 1.46. The van der Waals surface area contributed by atoms with Crippen LogP contribution in [0.3, 0.4) is 0 Å². The van der Waals surface area contributed by atoms with Crippen LogP contribution in [0.1, 0.15) is 19.2 Å². The molecule has 2 aromatic rings. The molecule has 0 spiro atoms. The van der Waals surface area contributed by atoms with Crippen molar-refractivity contribution in [3.05, 3.63) is 26.7 Å². The summed E-state index contributed by atoms with van der Waals surface area (Å²) in [5.41, 5.74) is -0.934. The Balaban J connectivity index is 2.76. The quantitative estimate of drug-likeness (QED) is 0.729. The summed E-state index contributed by atoms with van der Waals surface area (Å²) >= 11 is 0. The first-order valence-corrected chi connectivity index (χ1v) is 5.80. The Hall–Kier alpha value is -2.22. The highest BCUT2D eigenvalue weighted by atomic mass is 16.3. The van der Waals surface area contributed by atoms with Gasteiger partial charge in [0.05, 0.1) is 6.54 Å². The third-order valence-electron chi connectivity index (χ3n) is 2.91. The smallest absolute Gasteiger partial charge is 0.332 e. The van der Waals surface area contributed by atoms with Gasteiger partial charge in [-0.15, -0.1) is 0 Å². The van der Waals surface area contributed by atoms with Crippen LogP contribution in [0.4, 0.5) is 0 Å². The number of carbonyl (C=O) groups is 1. The predicted molar refractivity (Wildman–Crippen MR) is 66.8 cm³/mol. The standard InChI is InChI=1S/C11H14N4O4/c1-3-6(17)4-15-10(18)8-9(14(2)11(15)19)13-7(5-16)12-8/h16H,3-5H2,1-2H3,(H,12,13). The third kappa shape index (κ3) is 2.10. The van der Waals surface area contributed by atoms with Crippen molar-refractivity contribution in [3.63, 3.8) is 0 Å². The molecular weight excluding hydrogens is 252 g/mol. The number of aromatic amines is 1. The van der Waals surface area contributed by atoms with Gasteiger partial charge in [0.15, 0.2) is 11.4 Å². The molecule has 8 nitrogen and oxygen atoms in total. The monoisotopic (exact) mass is 266 g/mol. The number of aromatic nitrogens is 4. The minimum absolute atomic E-state index is 0.107. The molecule has 2 aromatic heterocycles. The number of fused-ring (bicyclic) bond motifs is 1. The van der Waals surface area contributed by atoms with Crippen LogP contribution >= 0.6 is 0 Å². The summed E-state index contributed by atoms with van der Waals surface area (Å²) in [6, 6.07) is 0. The SMILES string of the molecule is CCC(=O)Cn1c(=O)c2[nH]c(CO)nc2n(C)c1=O. The van der Waals surface area contributed by atoms with Crippen LogP contribution in [-0.4, -0.2) is 30.0 Å². The molecule has 0 atom stereocenters. The fourth-order valence-corrected chi connectivity index (χ4v) is 1.80. The fraction of sp³-hybridized carbons (Fsp3) is 0.455. The molecule has 0 saturated carbocycles. The van der Waals surface area contributed by atoms with E-state index in [1.165, 1.54) is 11.6 Å². The molecule has 19 heavy (non-hydrogen) atoms. The zero-order chi connectivity index (χ0) is 14.2. The lowest BCUT2D eigenvalue weighted by atomic mass is 10.3. The van der Waals surface area contributed by atoms with E-state index in [4.69, 9.17) is 5.11 Å². The van der Waals surface area contributed by atoms with Crippen LogP contribution in [0.2, 0.25) is 0 Å². The Bertz CT molecular complexity index is 752. The third-order valence-corrected chi connectivity index (χ3v) is 2.91. The van der Waals surface area contributed by atoms with E-state index in [0.717, 1.165) is 4.57 Å².